The predicted octanol–water partition coefficient (Wildman–Crippen LogP) is 2.48. The van der Waals surface area contributed by atoms with Crippen molar-refractivity contribution in [1.82, 2.24) is 0 Å². The van der Waals surface area contributed by atoms with Gasteiger partial charge in [-0.05, 0) is 25.2 Å². The fourth-order valence-corrected chi connectivity index (χ4v) is 3.17. The first-order valence-corrected chi connectivity index (χ1v) is 7.73. The summed E-state index contributed by atoms with van der Waals surface area (Å²) in [7, 11) is 0. The van der Waals surface area contributed by atoms with Gasteiger partial charge in [0.15, 0.2) is 5.78 Å². The number of primary amides is 1. The first-order chi connectivity index (χ1) is 9.41. The van der Waals surface area contributed by atoms with Gasteiger partial charge in [-0.2, -0.15) is 0 Å². The van der Waals surface area contributed by atoms with Crippen molar-refractivity contribution in [3.8, 4) is 0 Å². The van der Waals surface area contributed by atoms with Crippen molar-refractivity contribution in [2.24, 2.45) is 17.6 Å². The van der Waals surface area contributed by atoms with Crippen LogP contribution in [0.1, 0.15) is 53.1 Å². The molecule has 5 nitrogen and oxygen atoms in total. The van der Waals surface area contributed by atoms with Crippen molar-refractivity contribution < 1.29 is 9.59 Å². The van der Waals surface area contributed by atoms with Gasteiger partial charge in [0.2, 0.25) is 0 Å². The molecular weight excluding hydrogens is 274 g/mol. The van der Waals surface area contributed by atoms with Crippen LogP contribution in [0.25, 0.3) is 0 Å². The molecule has 1 heterocycles. The summed E-state index contributed by atoms with van der Waals surface area (Å²) in [6, 6.07) is 0. The van der Waals surface area contributed by atoms with E-state index >= 15 is 0 Å². The van der Waals surface area contributed by atoms with Crippen molar-refractivity contribution in [2.45, 2.75) is 33.1 Å². The van der Waals surface area contributed by atoms with Crippen molar-refractivity contribution in [3.63, 3.8) is 0 Å². The summed E-state index contributed by atoms with van der Waals surface area (Å²) in [5.74, 6) is 0.108. The topological polar surface area (TPSA) is 98.2 Å². The van der Waals surface area contributed by atoms with Gasteiger partial charge in [0.05, 0.1) is 16.1 Å². The van der Waals surface area contributed by atoms with Crippen LogP contribution in [0, 0.1) is 11.8 Å². The largest absolute Gasteiger partial charge is 0.397 e. The standard InChI is InChI=1S/C14H21N3O2S/c1-7(2)5-6-17-14-9(13(16)19)10(15)12(20-14)11(18)8-3-4-8/h7-8,17H,3-6,15H2,1-2H3,(H2,16,19). The number of amides is 1. The Labute approximate surface area is 122 Å². The van der Waals surface area contributed by atoms with E-state index < -0.39 is 5.91 Å². The van der Waals surface area contributed by atoms with E-state index in [2.05, 4.69) is 19.2 Å². The van der Waals surface area contributed by atoms with Crippen LogP contribution in [0.5, 0.6) is 0 Å². The molecule has 6 heteroatoms. The number of hydrogen-bond donors (Lipinski definition) is 3. The van der Waals surface area contributed by atoms with E-state index in [1.807, 2.05) is 0 Å². The number of nitrogens with two attached hydrogens (primary N) is 2. The van der Waals surface area contributed by atoms with E-state index in [1.54, 1.807) is 0 Å². The van der Waals surface area contributed by atoms with Crippen molar-refractivity contribution in [2.75, 3.05) is 17.6 Å². The molecule has 20 heavy (non-hydrogen) atoms. The quantitative estimate of drug-likeness (QED) is 0.673. The summed E-state index contributed by atoms with van der Waals surface area (Å²) < 4.78 is 0. The molecule has 1 amide bonds. The zero-order valence-corrected chi connectivity index (χ0v) is 12.7. The fourth-order valence-electron chi connectivity index (χ4n) is 2.00. The third kappa shape index (κ3) is 3.12. The maximum absolute atomic E-state index is 12.1. The lowest BCUT2D eigenvalue weighted by Gasteiger charge is -2.07. The van der Waals surface area contributed by atoms with Crippen molar-refractivity contribution in [1.29, 1.82) is 0 Å². The normalized spacial score (nSPS) is 14.6. The lowest BCUT2D eigenvalue weighted by atomic mass is 10.1. The summed E-state index contributed by atoms with van der Waals surface area (Å²) in [5.41, 5.74) is 11.8. The van der Waals surface area contributed by atoms with Gasteiger partial charge < -0.3 is 16.8 Å². The molecule has 1 aliphatic carbocycles. The van der Waals surface area contributed by atoms with Crippen LogP contribution in [0.2, 0.25) is 0 Å². The lowest BCUT2D eigenvalue weighted by Crippen LogP contribution is -2.16. The molecule has 0 unspecified atom stereocenters. The van der Waals surface area contributed by atoms with E-state index in [9.17, 15) is 9.59 Å². The summed E-state index contributed by atoms with van der Waals surface area (Å²) in [6.07, 6.45) is 2.80. The third-order valence-corrected chi connectivity index (χ3v) is 4.55. The van der Waals surface area contributed by atoms with Crippen LogP contribution < -0.4 is 16.8 Å². The molecule has 0 aliphatic heterocycles. The highest BCUT2D eigenvalue weighted by Crippen LogP contribution is 2.41. The number of anilines is 2. The van der Waals surface area contributed by atoms with Crippen LogP contribution in [0.15, 0.2) is 0 Å². The van der Waals surface area contributed by atoms with Crippen molar-refractivity contribution in [3.05, 3.63) is 10.4 Å². The summed E-state index contributed by atoms with van der Waals surface area (Å²) in [6.45, 7) is 4.98. The average molecular weight is 295 g/mol. The van der Waals surface area contributed by atoms with E-state index in [0.29, 0.717) is 15.8 Å². The Morgan fingerprint density at radius 1 is 1.40 bits per heavy atom. The second kappa shape index (κ2) is 5.83. The van der Waals surface area contributed by atoms with Crippen LogP contribution in [0.4, 0.5) is 10.7 Å². The lowest BCUT2D eigenvalue weighted by molar-refractivity contribution is 0.0972. The molecule has 0 spiro atoms. The second-order valence-electron chi connectivity index (χ2n) is 5.66. The molecule has 1 aromatic rings. The molecule has 0 saturated heterocycles. The summed E-state index contributed by atoms with van der Waals surface area (Å²) in [5, 5.41) is 3.81. The fraction of sp³-hybridized carbons (Fsp3) is 0.571. The van der Waals surface area contributed by atoms with Gasteiger partial charge in [-0.3, -0.25) is 9.59 Å². The van der Waals surface area contributed by atoms with Gasteiger partial charge in [-0.25, -0.2) is 0 Å². The summed E-state index contributed by atoms with van der Waals surface area (Å²) >= 11 is 1.26. The Morgan fingerprint density at radius 2 is 2.05 bits per heavy atom. The number of hydrogen-bond acceptors (Lipinski definition) is 5. The predicted molar refractivity (Wildman–Crippen MR) is 82.2 cm³/mol. The summed E-state index contributed by atoms with van der Waals surface area (Å²) in [4.78, 5) is 24.2. The Hall–Kier alpha value is -1.56. The number of carbonyl (C=O) groups excluding carboxylic acids is 2. The molecule has 0 radical (unpaired) electrons. The highest BCUT2D eigenvalue weighted by atomic mass is 32.1. The molecule has 1 aliphatic rings. The minimum atomic E-state index is -0.583. The molecule has 0 aromatic carbocycles. The molecule has 2 rings (SSSR count). The van der Waals surface area contributed by atoms with Gasteiger partial charge >= 0.3 is 0 Å². The molecule has 1 saturated carbocycles. The van der Waals surface area contributed by atoms with E-state index in [1.165, 1.54) is 11.3 Å². The van der Waals surface area contributed by atoms with Crippen LogP contribution in [-0.4, -0.2) is 18.2 Å². The number of ketones is 1. The molecular formula is C14H21N3O2S. The first-order valence-electron chi connectivity index (χ1n) is 6.92. The van der Waals surface area contributed by atoms with Gasteiger partial charge in [0.25, 0.3) is 5.91 Å². The first kappa shape index (κ1) is 14.8. The Bertz CT molecular complexity index is 533. The van der Waals surface area contributed by atoms with Crippen LogP contribution in [-0.2, 0) is 0 Å². The zero-order valence-electron chi connectivity index (χ0n) is 11.9. The van der Waals surface area contributed by atoms with Gasteiger partial charge in [0.1, 0.15) is 5.00 Å². The van der Waals surface area contributed by atoms with Crippen molar-refractivity contribution >= 4 is 33.7 Å². The molecule has 5 N–H and O–H groups in total. The Balaban J connectivity index is 2.22. The molecule has 1 fully saturated rings. The monoisotopic (exact) mass is 295 g/mol. The smallest absolute Gasteiger partial charge is 0.253 e. The minimum absolute atomic E-state index is 0.0481. The van der Waals surface area contributed by atoms with Gasteiger partial charge in [0, 0.05) is 12.5 Å². The highest BCUT2D eigenvalue weighted by Gasteiger charge is 2.34. The minimum Gasteiger partial charge on any atom is -0.397 e. The number of thiophene rings is 1. The number of carbonyl (C=O) groups is 2. The van der Waals surface area contributed by atoms with Crippen LogP contribution in [0.3, 0.4) is 0 Å². The van der Waals surface area contributed by atoms with Gasteiger partial charge in [-0.15, -0.1) is 11.3 Å². The number of nitrogen functional groups attached to an aromatic ring is 1. The molecule has 110 valence electrons. The SMILES string of the molecule is CC(C)CCNc1sc(C(=O)C2CC2)c(N)c1C(N)=O. The maximum atomic E-state index is 12.1. The third-order valence-electron chi connectivity index (χ3n) is 3.37. The van der Waals surface area contributed by atoms with Gasteiger partial charge in [-0.1, -0.05) is 13.8 Å². The zero-order chi connectivity index (χ0) is 14.9. The van der Waals surface area contributed by atoms with Crippen LogP contribution >= 0.6 is 11.3 Å². The molecule has 0 bridgehead atoms. The highest BCUT2D eigenvalue weighted by molar-refractivity contribution is 7.19. The molecule has 0 atom stereocenters. The number of nitrogens with one attached hydrogen (secondary N) is 1. The van der Waals surface area contributed by atoms with E-state index in [4.69, 9.17) is 11.5 Å². The number of Topliss-reactive ketones (excluding diaryl/α,β-unsaturated/α-hetero) is 1. The second-order valence-corrected chi connectivity index (χ2v) is 6.68. The Kier molecular flexibility index (Phi) is 4.32. The average Bonchev–Trinajstić information content (AvgIpc) is 3.13. The maximum Gasteiger partial charge on any atom is 0.253 e. The van der Waals surface area contributed by atoms with E-state index in [-0.39, 0.29) is 23.0 Å². The number of rotatable bonds is 7. The van der Waals surface area contributed by atoms with E-state index in [0.717, 1.165) is 25.8 Å². The Morgan fingerprint density at radius 3 is 2.55 bits per heavy atom. The molecule has 1 aromatic heterocycles.